The van der Waals surface area contributed by atoms with Crippen LogP contribution in [0.1, 0.15) is 31.7 Å². The van der Waals surface area contributed by atoms with Gasteiger partial charge in [0.2, 0.25) is 11.8 Å². The van der Waals surface area contributed by atoms with Gasteiger partial charge < -0.3 is 10.1 Å². The lowest BCUT2D eigenvalue weighted by molar-refractivity contribution is -0.128. The van der Waals surface area contributed by atoms with E-state index in [1.165, 1.54) is 11.8 Å². The molecule has 30 heavy (non-hydrogen) atoms. The molecule has 0 saturated carbocycles. The van der Waals surface area contributed by atoms with Crippen molar-refractivity contribution >= 4 is 40.1 Å². The number of ether oxygens (including phenoxy) is 1. The Morgan fingerprint density at radius 2 is 2.03 bits per heavy atom. The number of aryl methyl sites for hydroxylation is 1. The predicted molar refractivity (Wildman–Crippen MR) is 123 cm³/mol. The zero-order valence-electron chi connectivity index (χ0n) is 17.6. The first-order chi connectivity index (χ1) is 14.5. The van der Waals surface area contributed by atoms with Gasteiger partial charge in [0.25, 0.3) is 0 Å². The molecule has 1 atom stereocenters. The minimum atomic E-state index is -0.486. The molecule has 2 aromatic rings. The summed E-state index contributed by atoms with van der Waals surface area (Å²) in [6, 6.07) is 15.1. The van der Waals surface area contributed by atoms with Gasteiger partial charge in [0.05, 0.1) is 18.5 Å². The summed E-state index contributed by atoms with van der Waals surface area (Å²) >= 11 is 1.36. The minimum Gasteiger partial charge on any atom is -0.495 e. The van der Waals surface area contributed by atoms with Gasteiger partial charge in [-0.3, -0.25) is 14.5 Å². The zero-order valence-corrected chi connectivity index (χ0v) is 18.4. The molecule has 3 rings (SSSR count). The number of hydrogen-bond donors (Lipinski definition) is 1. The smallest absolute Gasteiger partial charge is 0.242 e. The molecule has 2 aromatic carbocycles. The summed E-state index contributed by atoms with van der Waals surface area (Å²) in [6.45, 7) is 4.71. The van der Waals surface area contributed by atoms with Crippen LogP contribution in [-0.4, -0.2) is 40.8 Å². The summed E-state index contributed by atoms with van der Waals surface area (Å²) < 4.78 is 5.28. The van der Waals surface area contributed by atoms with Crippen LogP contribution in [-0.2, 0) is 9.59 Å². The third kappa shape index (κ3) is 5.42. The fraction of sp³-hybridized carbons (Fsp3) is 0.348. The van der Waals surface area contributed by atoms with Crippen LogP contribution in [0.25, 0.3) is 0 Å². The molecule has 2 amide bonds. The first-order valence-electron chi connectivity index (χ1n) is 10.1. The van der Waals surface area contributed by atoms with Gasteiger partial charge in [-0.05, 0) is 43.2 Å². The number of amides is 2. The van der Waals surface area contributed by atoms with E-state index in [-0.39, 0.29) is 18.2 Å². The number of amidine groups is 1. The molecule has 0 aromatic heterocycles. The summed E-state index contributed by atoms with van der Waals surface area (Å²) in [5.74, 6) is 0.301. The Kier molecular flexibility index (Phi) is 7.52. The van der Waals surface area contributed by atoms with Crippen molar-refractivity contribution in [2.75, 3.05) is 19.0 Å². The topological polar surface area (TPSA) is 71.0 Å². The van der Waals surface area contributed by atoms with Crippen molar-refractivity contribution in [2.24, 2.45) is 4.99 Å². The predicted octanol–water partition coefficient (Wildman–Crippen LogP) is 4.76. The summed E-state index contributed by atoms with van der Waals surface area (Å²) in [5.41, 5.74) is 2.52. The van der Waals surface area contributed by atoms with Crippen LogP contribution >= 0.6 is 11.8 Å². The lowest BCUT2D eigenvalue weighted by atomic mass is 10.2. The molecule has 0 spiro atoms. The summed E-state index contributed by atoms with van der Waals surface area (Å²) in [6.07, 6.45) is 1.95. The van der Waals surface area contributed by atoms with E-state index in [0.29, 0.717) is 23.1 Å². The highest BCUT2D eigenvalue weighted by Gasteiger charge is 2.38. The third-order valence-electron chi connectivity index (χ3n) is 4.73. The number of methoxy groups -OCH3 is 1. The fourth-order valence-corrected chi connectivity index (χ4v) is 4.36. The van der Waals surface area contributed by atoms with Crippen LogP contribution in [0.3, 0.4) is 0 Å². The summed E-state index contributed by atoms with van der Waals surface area (Å²) in [7, 11) is 1.56. The van der Waals surface area contributed by atoms with E-state index < -0.39 is 5.25 Å². The molecule has 1 aliphatic heterocycles. The van der Waals surface area contributed by atoms with E-state index in [1.807, 2.05) is 43.3 Å². The number of carbonyl (C=O) groups excluding carboxylic acids is 2. The molecule has 0 bridgehead atoms. The van der Waals surface area contributed by atoms with Gasteiger partial charge in [-0.2, -0.15) is 0 Å². The molecule has 6 nitrogen and oxygen atoms in total. The number of aliphatic imine (C=N–C) groups is 1. The molecule has 1 saturated heterocycles. The van der Waals surface area contributed by atoms with Gasteiger partial charge >= 0.3 is 0 Å². The van der Waals surface area contributed by atoms with Crippen molar-refractivity contribution in [1.29, 1.82) is 0 Å². The standard InChI is InChI=1S/C23H27N3O3S/c1-4-5-13-26-22(28)20(30-23(26)24-17-10-8-9-16(2)14-17)15-21(27)25-18-11-6-7-12-19(18)29-3/h6-12,14,20H,4-5,13,15H2,1-3H3,(H,25,27)/t20-/m1/s1. The van der Waals surface area contributed by atoms with E-state index >= 15 is 0 Å². The van der Waals surface area contributed by atoms with Crippen molar-refractivity contribution in [3.8, 4) is 5.75 Å². The highest BCUT2D eigenvalue weighted by Crippen LogP contribution is 2.33. The number of thioether (sulfide) groups is 1. The second-order valence-electron chi connectivity index (χ2n) is 7.14. The number of nitrogens with zero attached hydrogens (tertiary/aromatic N) is 2. The number of anilines is 1. The normalized spacial score (nSPS) is 17.4. The van der Waals surface area contributed by atoms with Crippen LogP contribution in [0.4, 0.5) is 11.4 Å². The molecule has 7 heteroatoms. The maximum absolute atomic E-state index is 13.0. The highest BCUT2D eigenvalue weighted by atomic mass is 32.2. The van der Waals surface area contributed by atoms with Gasteiger partial charge in [-0.25, -0.2) is 4.99 Å². The Balaban J connectivity index is 1.75. The number of rotatable bonds is 8. The molecule has 1 aliphatic rings. The lowest BCUT2D eigenvalue weighted by Gasteiger charge is -2.16. The van der Waals surface area contributed by atoms with Gasteiger partial charge in [-0.15, -0.1) is 0 Å². The van der Waals surface area contributed by atoms with E-state index in [2.05, 4.69) is 12.2 Å². The van der Waals surface area contributed by atoms with Gasteiger partial charge in [0.15, 0.2) is 5.17 Å². The van der Waals surface area contributed by atoms with Gasteiger partial charge in [0, 0.05) is 13.0 Å². The molecule has 1 heterocycles. The number of para-hydroxylation sites is 2. The first kappa shape index (κ1) is 21.9. The van der Waals surface area contributed by atoms with Gasteiger partial charge in [0.1, 0.15) is 11.0 Å². The lowest BCUT2D eigenvalue weighted by Crippen LogP contribution is -2.34. The van der Waals surface area contributed by atoms with E-state index in [4.69, 9.17) is 9.73 Å². The Morgan fingerprint density at radius 1 is 1.23 bits per heavy atom. The monoisotopic (exact) mass is 425 g/mol. The van der Waals surface area contributed by atoms with Crippen LogP contribution in [0.15, 0.2) is 53.5 Å². The Hall–Kier alpha value is -2.80. The molecule has 1 N–H and O–H groups in total. The zero-order chi connectivity index (χ0) is 21.5. The first-order valence-corrected chi connectivity index (χ1v) is 11.0. The molecule has 0 radical (unpaired) electrons. The largest absolute Gasteiger partial charge is 0.495 e. The molecule has 158 valence electrons. The Morgan fingerprint density at radius 3 is 2.77 bits per heavy atom. The Bertz CT molecular complexity index is 945. The minimum absolute atomic E-state index is 0.0602. The average Bonchev–Trinajstić information content (AvgIpc) is 3.01. The highest BCUT2D eigenvalue weighted by molar-refractivity contribution is 8.15. The molecule has 1 fully saturated rings. The SMILES string of the molecule is CCCCN1C(=O)[C@@H](CC(=O)Nc2ccccc2OC)SC1=Nc1cccc(C)c1. The summed E-state index contributed by atoms with van der Waals surface area (Å²) in [4.78, 5) is 32.1. The molecular weight excluding hydrogens is 398 g/mol. The van der Waals surface area contributed by atoms with Crippen molar-refractivity contribution in [2.45, 2.75) is 38.4 Å². The fourth-order valence-electron chi connectivity index (χ4n) is 3.17. The van der Waals surface area contributed by atoms with E-state index in [0.717, 1.165) is 24.1 Å². The van der Waals surface area contributed by atoms with Crippen LogP contribution in [0, 0.1) is 6.92 Å². The number of unbranched alkanes of at least 4 members (excludes halogenated alkanes) is 1. The number of benzene rings is 2. The number of nitrogens with one attached hydrogen (secondary N) is 1. The molecule has 0 aliphatic carbocycles. The average molecular weight is 426 g/mol. The Labute approximate surface area is 181 Å². The molecule has 0 unspecified atom stereocenters. The maximum atomic E-state index is 13.0. The quantitative estimate of drug-likeness (QED) is 0.662. The van der Waals surface area contributed by atoms with Crippen molar-refractivity contribution in [1.82, 2.24) is 4.90 Å². The maximum Gasteiger partial charge on any atom is 0.242 e. The second kappa shape index (κ2) is 10.3. The third-order valence-corrected chi connectivity index (χ3v) is 5.91. The number of carbonyl (C=O) groups is 2. The second-order valence-corrected chi connectivity index (χ2v) is 8.31. The van der Waals surface area contributed by atoms with E-state index in [9.17, 15) is 9.59 Å². The van der Waals surface area contributed by atoms with Crippen molar-refractivity contribution < 1.29 is 14.3 Å². The van der Waals surface area contributed by atoms with Crippen LogP contribution < -0.4 is 10.1 Å². The van der Waals surface area contributed by atoms with Crippen molar-refractivity contribution in [3.05, 3.63) is 54.1 Å². The van der Waals surface area contributed by atoms with Crippen molar-refractivity contribution in [3.63, 3.8) is 0 Å². The van der Waals surface area contributed by atoms with Gasteiger partial charge in [-0.1, -0.05) is 49.4 Å². The summed E-state index contributed by atoms with van der Waals surface area (Å²) in [5, 5.41) is 3.03. The number of hydrogen-bond acceptors (Lipinski definition) is 5. The van der Waals surface area contributed by atoms with Crippen LogP contribution in [0.2, 0.25) is 0 Å². The van der Waals surface area contributed by atoms with Crippen LogP contribution in [0.5, 0.6) is 5.75 Å². The molecular formula is C23H27N3O3S. The van der Waals surface area contributed by atoms with E-state index in [1.54, 1.807) is 24.1 Å².